The van der Waals surface area contributed by atoms with Crippen molar-refractivity contribution in [3.8, 4) is 22.7 Å². The molecule has 27 heavy (non-hydrogen) atoms. The van der Waals surface area contributed by atoms with Gasteiger partial charge in [0.1, 0.15) is 12.4 Å². The standard InChI is InChI=1S/C20H17N5O2/c1-2-12-27-16-10-8-14(9-11-16)17-13-24-19(18(21)22-17)23-25(20(24)26)15-6-4-3-5-7-15/h2-11,13H,1,12H2,(H2,21,22). The Morgan fingerprint density at radius 2 is 1.85 bits per heavy atom. The minimum Gasteiger partial charge on any atom is -0.490 e. The fraction of sp³-hybridized carbons (Fsp3) is 0.0500. The summed E-state index contributed by atoms with van der Waals surface area (Å²) in [7, 11) is 0. The van der Waals surface area contributed by atoms with Gasteiger partial charge in [0.2, 0.25) is 5.65 Å². The molecule has 0 radical (unpaired) electrons. The number of benzene rings is 2. The van der Waals surface area contributed by atoms with Crippen LogP contribution in [0, 0.1) is 0 Å². The number of para-hydroxylation sites is 1. The summed E-state index contributed by atoms with van der Waals surface area (Å²) in [6.45, 7) is 4.06. The summed E-state index contributed by atoms with van der Waals surface area (Å²) in [4.78, 5) is 17.2. The number of rotatable bonds is 5. The molecule has 0 fully saturated rings. The average molecular weight is 359 g/mol. The third kappa shape index (κ3) is 3.06. The van der Waals surface area contributed by atoms with E-state index in [1.54, 1.807) is 24.4 Å². The van der Waals surface area contributed by atoms with Gasteiger partial charge in [-0.15, -0.1) is 5.10 Å². The molecular formula is C20H17N5O2. The summed E-state index contributed by atoms with van der Waals surface area (Å²) < 4.78 is 8.20. The largest absolute Gasteiger partial charge is 0.490 e. The molecule has 2 N–H and O–H groups in total. The van der Waals surface area contributed by atoms with E-state index in [-0.39, 0.29) is 11.5 Å². The Morgan fingerprint density at radius 1 is 1.11 bits per heavy atom. The first-order chi connectivity index (χ1) is 13.2. The molecular weight excluding hydrogens is 342 g/mol. The van der Waals surface area contributed by atoms with Gasteiger partial charge in [-0.1, -0.05) is 30.9 Å². The van der Waals surface area contributed by atoms with Crippen molar-refractivity contribution in [3.05, 3.63) is 83.9 Å². The van der Waals surface area contributed by atoms with Gasteiger partial charge in [0.25, 0.3) is 0 Å². The highest BCUT2D eigenvalue weighted by Gasteiger charge is 2.14. The lowest BCUT2D eigenvalue weighted by atomic mass is 10.1. The molecule has 2 aromatic heterocycles. The number of nitrogens with two attached hydrogens (primary N) is 1. The zero-order valence-electron chi connectivity index (χ0n) is 14.4. The van der Waals surface area contributed by atoms with Crippen LogP contribution < -0.4 is 16.2 Å². The molecule has 2 heterocycles. The molecule has 0 aliphatic rings. The highest BCUT2D eigenvalue weighted by molar-refractivity contribution is 5.67. The van der Waals surface area contributed by atoms with Crippen LogP contribution in [0.5, 0.6) is 5.75 Å². The molecule has 4 rings (SSSR count). The Kier molecular flexibility index (Phi) is 4.18. The monoisotopic (exact) mass is 359 g/mol. The maximum absolute atomic E-state index is 12.8. The lowest BCUT2D eigenvalue weighted by Gasteiger charge is -2.06. The predicted octanol–water partition coefficient (Wildman–Crippen LogP) is 2.69. The van der Waals surface area contributed by atoms with E-state index < -0.39 is 0 Å². The molecule has 0 aliphatic heterocycles. The van der Waals surface area contributed by atoms with Crippen LogP contribution >= 0.6 is 0 Å². The van der Waals surface area contributed by atoms with Crippen molar-refractivity contribution in [2.24, 2.45) is 0 Å². The number of aromatic nitrogens is 4. The Balaban J connectivity index is 1.78. The number of nitrogens with zero attached hydrogens (tertiary/aromatic N) is 4. The number of anilines is 1. The van der Waals surface area contributed by atoms with Gasteiger partial charge in [0.15, 0.2) is 5.82 Å². The van der Waals surface area contributed by atoms with Gasteiger partial charge >= 0.3 is 5.69 Å². The van der Waals surface area contributed by atoms with E-state index in [1.165, 1.54) is 9.08 Å². The number of ether oxygens (including phenoxy) is 1. The molecule has 0 spiro atoms. The van der Waals surface area contributed by atoms with E-state index in [9.17, 15) is 4.79 Å². The minimum atomic E-state index is -0.308. The second kappa shape index (κ2) is 6.80. The van der Waals surface area contributed by atoms with E-state index in [1.807, 2.05) is 42.5 Å². The summed E-state index contributed by atoms with van der Waals surface area (Å²) in [5.74, 6) is 0.910. The van der Waals surface area contributed by atoms with Crippen molar-refractivity contribution in [3.63, 3.8) is 0 Å². The van der Waals surface area contributed by atoms with Gasteiger partial charge in [-0.05, 0) is 36.4 Å². The van der Waals surface area contributed by atoms with Gasteiger partial charge < -0.3 is 10.5 Å². The first-order valence-electron chi connectivity index (χ1n) is 8.35. The Morgan fingerprint density at radius 3 is 2.56 bits per heavy atom. The van der Waals surface area contributed by atoms with Crippen molar-refractivity contribution in [2.75, 3.05) is 12.3 Å². The molecule has 7 nitrogen and oxygen atoms in total. The zero-order valence-corrected chi connectivity index (χ0v) is 14.4. The summed E-state index contributed by atoms with van der Waals surface area (Å²) in [5.41, 5.74) is 8.13. The van der Waals surface area contributed by atoms with E-state index in [2.05, 4.69) is 16.7 Å². The van der Waals surface area contributed by atoms with Gasteiger partial charge in [-0.2, -0.15) is 4.68 Å². The maximum atomic E-state index is 12.8. The Labute approximate surface area is 155 Å². The third-order valence-corrected chi connectivity index (χ3v) is 4.05. The Hall–Kier alpha value is -3.87. The smallest absolute Gasteiger partial charge is 0.355 e. The average Bonchev–Trinajstić information content (AvgIpc) is 3.05. The first-order valence-corrected chi connectivity index (χ1v) is 8.35. The maximum Gasteiger partial charge on any atom is 0.355 e. The highest BCUT2D eigenvalue weighted by atomic mass is 16.5. The number of hydrogen-bond donors (Lipinski definition) is 1. The van der Waals surface area contributed by atoms with Crippen molar-refractivity contribution in [1.82, 2.24) is 19.2 Å². The number of nitrogen functional groups attached to an aromatic ring is 1. The van der Waals surface area contributed by atoms with Gasteiger partial charge in [-0.3, -0.25) is 0 Å². The predicted molar refractivity (Wildman–Crippen MR) is 104 cm³/mol. The van der Waals surface area contributed by atoms with E-state index in [4.69, 9.17) is 10.5 Å². The molecule has 4 aromatic rings. The minimum absolute atomic E-state index is 0.186. The molecule has 7 heteroatoms. The van der Waals surface area contributed by atoms with E-state index >= 15 is 0 Å². The summed E-state index contributed by atoms with van der Waals surface area (Å²) in [5, 5.41) is 4.31. The number of hydrogen-bond acceptors (Lipinski definition) is 5. The first kappa shape index (κ1) is 16.6. The van der Waals surface area contributed by atoms with Crippen LogP contribution in [0.3, 0.4) is 0 Å². The number of fused-ring (bicyclic) bond motifs is 1. The molecule has 0 amide bonds. The van der Waals surface area contributed by atoms with Gasteiger partial charge in [0.05, 0.1) is 11.4 Å². The van der Waals surface area contributed by atoms with Gasteiger partial charge in [-0.25, -0.2) is 14.2 Å². The molecule has 0 saturated heterocycles. The van der Waals surface area contributed by atoms with Crippen LogP contribution in [0.1, 0.15) is 0 Å². The molecule has 0 atom stereocenters. The van der Waals surface area contributed by atoms with Crippen LogP contribution in [0.2, 0.25) is 0 Å². The Bertz CT molecular complexity index is 1160. The second-order valence-electron chi connectivity index (χ2n) is 5.86. The normalized spacial score (nSPS) is 10.8. The van der Waals surface area contributed by atoms with E-state index in [0.29, 0.717) is 23.6 Å². The molecule has 0 aliphatic carbocycles. The molecule has 134 valence electrons. The lowest BCUT2D eigenvalue weighted by Crippen LogP contribution is -2.19. The van der Waals surface area contributed by atoms with Crippen molar-refractivity contribution < 1.29 is 4.74 Å². The second-order valence-corrected chi connectivity index (χ2v) is 5.86. The summed E-state index contributed by atoms with van der Waals surface area (Å²) in [6, 6.07) is 16.6. The molecule has 0 unspecified atom stereocenters. The van der Waals surface area contributed by atoms with Gasteiger partial charge in [0, 0.05) is 11.8 Å². The fourth-order valence-electron chi connectivity index (χ4n) is 2.75. The van der Waals surface area contributed by atoms with Crippen LogP contribution in [0.25, 0.3) is 22.6 Å². The topological polar surface area (TPSA) is 87.4 Å². The van der Waals surface area contributed by atoms with Crippen LogP contribution in [0.4, 0.5) is 5.82 Å². The van der Waals surface area contributed by atoms with E-state index in [0.717, 1.165) is 11.3 Å². The van der Waals surface area contributed by atoms with Crippen LogP contribution in [-0.4, -0.2) is 25.8 Å². The third-order valence-electron chi connectivity index (χ3n) is 4.05. The fourth-order valence-corrected chi connectivity index (χ4v) is 2.75. The summed E-state index contributed by atoms with van der Waals surface area (Å²) in [6.07, 6.45) is 3.32. The quantitative estimate of drug-likeness (QED) is 0.554. The SMILES string of the molecule is C=CCOc1ccc(-c2cn3c(=O)n(-c4ccccc4)nc3c(N)n2)cc1. The summed E-state index contributed by atoms with van der Waals surface area (Å²) >= 11 is 0. The van der Waals surface area contributed by atoms with Crippen molar-refractivity contribution in [2.45, 2.75) is 0 Å². The van der Waals surface area contributed by atoms with Crippen LogP contribution in [0.15, 0.2) is 78.2 Å². The molecule has 0 saturated carbocycles. The molecule has 0 bridgehead atoms. The lowest BCUT2D eigenvalue weighted by molar-refractivity contribution is 0.363. The highest BCUT2D eigenvalue weighted by Crippen LogP contribution is 2.22. The van der Waals surface area contributed by atoms with Crippen LogP contribution in [-0.2, 0) is 0 Å². The molecule has 2 aromatic carbocycles. The van der Waals surface area contributed by atoms with Crippen molar-refractivity contribution in [1.29, 1.82) is 0 Å². The zero-order chi connectivity index (χ0) is 18.8. The van der Waals surface area contributed by atoms with Crippen molar-refractivity contribution >= 4 is 11.5 Å².